The maximum absolute atomic E-state index is 9.05. The summed E-state index contributed by atoms with van der Waals surface area (Å²) in [6.45, 7) is 15.5. The van der Waals surface area contributed by atoms with E-state index < -0.39 is 0 Å². The minimum Gasteiger partial charge on any atom is -0.395 e. The van der Waals surface area contributed by atoms with Crippen molar-refractivity contribution in [3.63, 3.8) is 0 Å². The van der Waals surface area contributed by atoms with Crippen LogP contribution < -0.4 is 10.6 Å². The Hall–Kier alpha value is -1.72. The number of rotatable bonds is 16. The van der Waals surface area contributed by atoms with Gasteiger partial charge in [0.25, 0.3) is 0 Å². The van der Waals surface area contributed by atoms with Gasteiger partial charge < -0.3 is 20.6 Å². The summed E-state index contributed by atoms with van der Waals surface area (Å²) in [6.07, 6.45) is 7.49. The first-order valence-electron chi connectivity index (χ1n) is 14.9. The minimum atomic E-state index is 0.213. The molecule has 2 aromatic carbocycles. The van der Waals surface area contributed by atoms with Crippen molar-refractivity contribution < 1.29 is 5.11 Å². The summed E-state index contributed by atoms with van der Waals surface area (Å²) in [5, 5.41) is 16.4. The van der Waals surface area contributed by atoms with Crippen LogP contribution in [0.2, 0.25) is 0 Å². The summed E-state index contributed by atoms with van der Waals surface area (Å²) in [5.41, 5.74) is 5.84. The molecule has 3 N–H and O–H groups in total. The lowest BCUT2D eigenvalue weighted by Crippen LogP contribution is -2.44. The second-order valence-corrected chi connectivity index (χ2v) is 11.6. The molecule has 206 valence electrons. The summed E-state index contributed by atoms with van der Waals surface area (Å²) in [4.78, 5) is 2.62. The number of nitrogens with zero attached hydrogens (tertiary/aromatic N) is 1. The number of hydrogen-bond donors (Lipinski definition) is 3. The fraction of sp³-hybridized carbons (Fsp3) is 0.636. The molecule has 4 nitrogen and oxygen atoms in total. The molecular weight excluding hydrogens is 454 g/mol. The third kappa shape index (κ3) is 10.2. The third-order valence-corrected chi connectivity index (χ3v) is 7.97. The molecule has 2 unspecified atom stereocenters. The van der Waals surface area contributed by atoms with E-state index in [9.17, 15) is 0 Å². The Labute approximate surface area is 227 Å². The number of nitrogens with one attached hydrogen (secondary N) is 2. The molecule has 0 bridgehead atoms. The van der Waals surface area contributed by atoms with Gasteiger partial charge in [0.05, 0.1) is 6.61 Å². The Morgan fingerprint density at radius 1 is 0.865 bits per heavy atom. The standard InChI is InChI=1S/C33H53N3O/c1-26(2)29-13-8-12-28(23-29)11-6-5-7-17-35-33(31-15-9-14-30(24-31)27(3)4)32-16-10-20-36(25-32)21-18-34-19-22-37/h8-9,12-15,23-24,26-27,32-35,37H,5-7,10-11,16-22,25H2,1-4H3. The Bertz CT molecular complexity index is 897. The first-order valence-corrected chi connectivity index (χ1v) is 14.9. The molecule has 1 aliphatic rings. The lowest BCUT2D eigenvalue weighted by atomic mass is 9.85. The molecule has 2 atom stereocenters. The van der Waals surface area contributed by atoms with Gasteiger partial charge in [0.2, 0.25) is 0 Å². The molecule has 2 aromatic rings. The molecule has 1 fully saturated rings. The lowest BCUT2D eigenvalue weighted by Gasteiger charge is -2.38. The van der Waals surface area contributed by atoms with Gasteiger partial charge in [-0.3, -0.25) is 0 Å². The van der Waals surface area contributed by atoms with E-state index in [1.54, 1.807) is 0 Å². The van der Waals surface area contributed by atoms with Crippen LogP contribution in [-0.4, -0.2) is 55.9 Å². The number of hydrogen-bond acceptors (Lipinski definition) is 4. The van der Waals surface area contributed by atoms with Crippen LogP contribution in [0, 0.1) is 5.92 Å². The first-order chi connectivity index (χ1) is 18.0. The number of aliphatic hydroxyl groups is 1. The van der Waals surface area contributed by atoms with Crippen LogP contribution >= 0.6 is 0 Å². The average Bonchev–Trinajstić information content (AvgIpc) is 2.91. The lowest BCUT2D eigenvalue weighted by molar-refractivity contribution is 0.146. The Balaban J connectivity index is 1.54. The zero-order valence-corrected chi connectivity index (χ0v) is 24.0. The fourth-order valence-electron chi connectivity index (χ4n) is 5.67. The molecule has 0 radical (unpaired) electrons. The highest BCUT2D eigenvalue weighted by atomic mass is 16.3. The van der Waals surface area contributed by atoms with Crippen molar-refractivity contribution in [3.8, 4) is 0 Å². The molecule has 0 amide bonds. The molecular formula is C33H53N3O. The van der Waals surface area contributed by atoms with Gasteiger partial charge in [0, 0.05) is 32.2 Å². The van der Waals surface area contributed by atoms with Gasteiger partial charge in [-0.1, -0.05) is 82.6 Å². The SMILES string of the molecule is CC(C)c1cccc(CCCCCNC(c2cccc(C(C)C)c2)C2CCCN(CCNCCO)C2)c1. The van der Waals surface area contributed by atoms with Gasteiger partial charge in [-0.05, 0) is 85.2 Å². The van der Waals surface area contributed by atoms with Crippen LogP contribution in [0.3, 0.4) is 0 Å². The smallest absolute Gasteiger partial charge is 0.0555 e. The van der Waals surface area contributed by atoms with Crippen LogP contribution in [-0.2, 0) is 6.42 Å². The number of benzene rings is 2. The molecule has 0 aromatic heterocycles. The van der Waals surface area contributed by atoms with E-state index in [4.69, 9.17) is 5.11 Å². The molecule has 3 rings (SSSR count). The summed E-state index contributed by atoms with van der Waals surface area (Å²) < 4.78 is 0. The van der Waals surface area contributed by atoms with Crippen LogP contribution in [0.15, 0.2) is 48.5 Å². The second-order valence-electron chi connectivity index (χ2n) is 11.6. The number of piperidine rings is 1. The largest absolute Gasteiger partial charge is 0.395 e. The zero-order chi connectivity index (χ0) is 26.5. The van der Waals surface area contributed by atoms with E-state index >= 15 is 0 Å². The predicted molar refractivity (Wildman–Crippen MR) is 158 cm³/mol. The van der Waals surface area contributed by atoms with E-state index in [-0.39, 0.29) is 6.61 Å². The Kier molecular flexibility index (Phi) is 13.1. The zero-order valence-electron chi connectivity index (χ0n) is 24.0. The summed E-state index contributed by atoms with van der Waals surface area (Å²) in [7, 11) is 0. The Morgan fingerprint density at radius 2 is 1.59 bits per heavy atom. The van der Waals surface area contributed by atoms with E-state index in [0.717, 1.165) is 26.2 Å². The van der Waals surface area contributed by atoms with Crippen LogP contribution in [0.25, 0.3) is 0 Å². The van der Waals surface area contributed by atoms with E-state index in [1.807, 2.05) is 0 Å². The molecule has 0 aliphatic carbocycles. The Morgan fingerprint density at radius 3 is 2.35 bits per heavy atom. The van der Waals surface area contributed by atoms with Crippen LogP contribution in [0.1, 0.15) is 99.9 Å². The number of likely N-dealkylation sites (tertiary alicyclic amines) is 1. The maximum Gasteiger partial charge on any atom is 0.0555 e. The van der Waals surface area contributed by atoms with E-state index in [1.165, 1.54) is 67.3 Å². The topological polar surface area (TPSA) is 47.5 Å². The van der Waals surface area contributed by atoms with Crippen molar-refractivity contribution in [2.45, 2.75) is 84.1 Å². The second kappa shape index (κ2) is 16.3. The van der Waals surface area contributed by atoms with Crippen LogP contribution in [0.4, 0.5) is 0 Å². The first kappa shape index (κ1) is 29.8. The quantitative estimate of drug-likeness (QED) is 0.234. The van der Waals surface area contributed by atoms with Gasteiger partial charge in [0.1, 0.15) is 0 Å². The van der Waals surface area contributed by atoms with Crippen molar-refractivity contribution in [3.05, 3.63) is 70.8 Å². The summed E-state index contributed by atoms with van der Waals surface area (Å²) in [6, 6.07) is 18.9. The van der Waals surface area contributed by atoms with E-state index in [2.05, 4.69) is 91.8 Å². The van der Waals surface area contributed by atoms with Crippen molar-refractivity contribution in [2.75, 3.05) is 45.9 Å². The van der Waals surface area contributed by atoms with Crippen molar-refractivity contribution in [1.82, 2.24) is 15.5 Å². The van der Waals surface area contributed by atoms with Gasteiger partial charge in [0.15, 0.2) is 0 Å². The van der Waals surface area contributed by atoms with Crippen molar-refractivity contribution in [1.29, 1.82) is 0 Å². The van der Waals surface area contributed by atoms with Crippen molar-refractivity contribution in [2.24, 2.45) is 5.92 Å². The highest BCUT2D eigenvalue weighted by Crippen LogP contribution is 2.31. The summed E-state index contributed by atoms with van der Waals surface area (Å²) in [5.74, 6) is 1.78. The molecule has 0 saturated carbocycles. The van der Waals surface area contributed by atoms with Gasteiger partial charge in [-0.25, -0.2) is 0 Å². The minimum absolute atomic E-state index is 0.213. The summed E-state index contributed by atoms with van der Waals surface area (Å²) >= 11 is 0. The average molecular weight is 508 g/mol. The van der Waals surface area contributed by atoms with Crippen molar-refractivity contribution >= 4 is 0 Å². The number of aryl methyl sites for hydroxylation is 1. The molecule has 1 heterocycles. The molecule has 37 heavy (non-hydrogen) atoms. The highest BCUT2D eigenvalue weighted by Gasteiger charge is 2.28. The van der Waals surface area contributed by atoms with Gasteiger partial charge in [-0.15, -0.1) is 0 Å². The van der Waals surface area contributed by atoms with E-state index in [0.29, 0.717) is 30.3 Å². The molecule has 0 spiro atoms. The highest BCUT2D eigenvalue weighted by molar-refractivity contribution is 5.29. The number of unbranched alkanes of at least 4 members (excludes halogenated alkanes) is 2. The predicted octanol–water partition coefficient (Wildman–Crippen LogP) is 6.27. The monoisotopic (exact) mass is 507 g/mol. The van der Waals surface area contributed by atoms with Gasteiger partial charge in [-0.2, -0.15) is 0 Å². The maximum atomic E-state index is 9.05. The molecule has 1 saturated heterocycles. The normalized spacial score (nSPS) is 17.5. The third-order valence-electron chi connectivity index (χ3n) is 7.97. The van der Waals surface area contributed by atoms with Gasteiger partial charge >= 0.3 is 0 Å². The molecule has 1 aliphatic heterocycles. The molecule has 4 heteroatoms. The van der Waals surface area contributed by atoms with Crippen LogP contribution in [0.5, 0.6) is 0 Å². The number of aliphatic hydroxyl groups excluding tert-OH is 1. The fourth-order valence-corrected chi connectivity index (χ4v) is 5.67.